The molecule has 0 saturated heterocycles. The molecule has 0 spiro atoms. The van der Waals surface area contributed by atoms with Gasteiger partial charge in [0.25, 0.3) is 0 Å². The minimum Gasteiger partial charge on any atom is -0.548 e. The van der Waals surface area contributed by atoms with E-state index in [0.717, 1.165) is 6.07 Å². The fourth-order valence-electron chi connectivity index (χ4n) is 0.756. The molecule has 0 radical (unpaired) electrons. The van der Waals surface area contributed by atoms with Crippen molar-refractivity contribution in [2.75, 3.05) is 6.61 Å². The molecule has 0 atom stereocenters. The molecular weight excluding hydrogens is 209 g/mol. The molecule has 0 aliphatic carbocycles. The van der Waals surface area contributed by atoms with Crippen LogP contribution in [0, 0.1) is 11.9 Å². The second-order valence-corrected chi connectivity index (χ2v) is 2.83. The van der Waals surface area contributed by atoms with Gasteiger partial charge >= 0.3 is 18.9 Å². The molecule has 0 bridgehead atoms. The molecule has 0 aromatic heterocycles. The zero-order valence-electron chi connectivity index (χ0n) is 7.33. The van der Waals surface area contributed by atoms with Gasteiger partial charge in [-0.3, -0.25) is 0 Å². The summed E-state index contributed by atoms with van der Waals surface area (Å²) in [6, 6.07) is 3.36. The quantitative estimate of drug-likeness (QED) is 0.510. The molecule has 13 heavy (non-hydrogen) atoms. The summed E-state index contributed by atoms with van der Waals surface area (Å²) in [7, 11) is 0. The Balaban J connectivity index is 0.00000144. The largest absolute Gasteiger partial charge is 1.00 e. The second-order valence-electron chi connectivity index (χ2n) is 2.04. The van der Waals surface area contributed by atoms with Crippen molar-refractivity contribution in [1.82, 2.24) is 0 Å². The molecule has 0 unspecified atom stereocenters. The normalized spacial score (nSPS) is 9.23. The van der Waals surface area contributed by atoms with Gasteiger partial charge in [-0.25, -0.2) is 4.39 Å². The van der Waals surface area contributed by atoms with E-state index < -0.39 is 5.82 Å². The van der Waals surface area contributed by atoms with Crippen molar-refractivity contribution in [1.29, 1.82) is 0 Å². The van der Waals surface area contributed by atoms with Crippen LogP contribution in [0.5, 0.6) is 5.75 Å². The number of ether oxygens (including phenoxy) is 1. The maximum atomic E-state index is 12.6. The molecule has 66 valence electrons. The van der Waals surface area contributed by atoms with Gasteiger partial charge in [-0.05, 0) is 17.0 Å². The summed E-state index contributed by atoms with van der Waals surface area (Å²) >= 11 is 11.3. The summed E-state index contributed by atoms with van der Waals surface area (Å²) in [5, 5.41) is 0.236. The van der Waals surface area contributed by atoms with Crippen LogP contribution in [-0.2, 0) is 0 Å². The first kappa shape index (κ1) is 13.1. The van der Waals surface area contributed by atoms with Crippen LogP contribution in [0.1, 0.15) is 6.92 Å². The fourth-order valence-corrected chi connectivity index (χ4v) is 1.30. The molecule has 0 aliphatic rings. The van der Waals surface area contributed by atoms with Crippen molar-refractivity contribution < 1.29 is 28.0 Å². The fraction of sp³-hybridized carbons (Fsp3) is 0.250. The second kappa shape index (κ2) is 5.77. The van der Waals surface area contributed by atoms with E-state index in [4.69, 9.17) is 27.9 Å². The third kappa shape index (κ3) is 3.40. The Labute approximate surface area is 98.3 Å². The predicted molar refractivity (Wildman–Crippen MR) is 46.4 cm³/mol. The summed E-state index contributed by atoms with van der Waals surface area (Å²) in [6.45, 7) is 2.22. The molecular formula is C8H6Cl2FLiO. The standard InChI is InChI=1S/C8H6Cl2FO.Li/c1-2-12-8-6(9)3-5(11)4-7(8)10;/h3H,2H2,1H3;/q-1;+1. The van der Waals surface area contributed by atoms with Crippen LogP contribution in [0.15, 0.2) is 6.07 Å². The van der Waals surface area contributed by atoms with Gasteiger partial charge in [0.05, 0.1) is 6.61 Å². The first-order valence-electron chi connectivity index (χ1n) is 3.34. The van der Waals surface area contributed by atoms with Crippen LogP contribution in [0.2, 0.25) is 10.0 Å². The van der Waals surface area contributed by atoms with E-state index in [0.29, 0.717) is 6.61 Å². The summed E-state index contributed by atoms with van der Waals surface area (Å²) in [5.74, 6) is -0.310. The molecule has 0 amide bonds. The Morgan fingerprint density at radius 2 is 2.15 bits per heavy atom. The van der Waals surface area contributed by atoms with E-state index in [1.807, 2.05) is 0 Å². The summed E-state index contributed by atoms with van der Waals surface area (Å²) in [5.41, 5.74) is 0. The van der Waals surface area contributed by atoms with Gasteiger partial charge < -0.3 is 4.74 Å². The molecule has 1 aromatic rings. The molecule has 1 nitrogen and oxygen atoms in total. The molecule has 0 heterocycles. The van der Waals surface area contributed by atoms with Crippen LogP contribution >= 0.6 is 23.2 Å². The Bertz CT molecular complexity index is 270. The molecule has 0 saturated carbocycles. The van der Waals surface area contributed by atoms with Gasteiger partial charge in [0.2, 0.25) is 0 Å². The van der Waals surface area contributed by atoms with Crippen molar-refractivity contribution >= 4 is 23.2 Å². The molecule has 0 N–H and O–H groups in total. The van der Waals surface area contributed by atoms with Crippen molar-refractivity contribution in [3.63, 3.8) is 0 Å². The summed E-state index contributed by atoms with van der Waals surface area (Å²) in [4.78, 5) is 0. The van der Waals surface area contributed by atoms with E-state index in [-0.39, 0.29) is 34.7 Å². The first-order valence-corrected chi connectivity index (χ1v) is 4.10. The maximum absolute atomic E-state index is 12.6. The van der Waals surface area contributed by atoms with Gasteiger partial charge in [0.15, 0.2) is 0 Å². The smallest absolute Gasteiger partial charge is 0.548 e. The van der Waals surface area contributed by atoms with Crippen molar-refractivity contribution in [2.24, 2.45) is 0 Å². The van der Waals surface area contributed by atoms with Gasteiger partial charge in [-0.15, -0.1) is 35.3 Å². The van der Waals surface area contributed by atoms with Gasteiger partial charge in [0.1, 0.15) is 0 Å². The van der Waals surface area contributed by atoms with E-state index in [1.54, 1.807) is 6.92 Å². The summed E-state index contributed by atoms with van der Waals surface area (Å²) < 4.78 is 17.6. The predicted octanol–water partition coefficient (Wildman–Crippen LogP) is 0.335. The SMILES string of the molecule is CCOc1c(Cl)[c-]c(F)cc1Cl.[Li+]. The van der Waals surface area contributed by atoms with Crippen LogP contribution < -0.4 is 23.6 Å². The number of hydrogen-bond donors (Lipinski definition) is 0. The first-order chi connectivity index (χ1) is 5.65. The third-order valence-electron chi connectivity index (χ3n) is 1.19. The number of hydrogen-bond acceptors (Lipinski definition) is 1. The van der Waals surface area contributed by atoms with Crippen molar-refractivity contribution in [3.05, 3.63) is 28.0 Å². The molecule has 0 aliphatic heterocycles. The van der Waals surface area contributed by atoms with Crippen molar-refractivity contribution in [3.8, 4) is 5.75 Å². The van der Waals surface area contributed by atoms with Crippen molar-refractivity contribution in [2.45, 2.75) is 6.92 Å². The molecule has 1 aromatic carbocycles. The van der Waals surface area contributed by atoms with Gasteiger partial charge in [-0.2, -0.15) is 0 Å². The monoisotopic (exact) mass is 214 g/mol. The summed E-state index contributed by atoms with van der Waals surface area (Å²) in [6.07, 6.45) is 0. The Morgan fingerprint density at radius 1 is 1.54 bits per heavy atom. The van der Waals surface area contributed by atoms with E-state index >= 15 is 0 Å². The van der Waals surface area contributed by atoms with E-state index in [2.05, 4.69) is 6.07 Å². The minimum absolute atomic E-state index is 0. The molecule has 5 heteroatoms. The maximum Gasteiger partial charge on any atom is 1.00 e. The van der Waals surface area contributed by atoms with Crippen LogP contribution in [0.3, 0.4) is 0 Å². The van der Waals surface area contributed by atoms with E-state index in [1.165, 1.54) is 0 Å². The third-order valence-corrected chi connectivity index (χ3v) is 1.73. The Kier molecular flexibility index (Phi) is 5.83. The average Bonchev–Trinajstić information content (AvgIpc) is 1.96. The van der Waals surface area contributed by atoms with Gasteiger partial charge in [0, 0.05) is 11.6 Å². The molecule has 0 fully saturated rings. The number of benzene rings is 1. The number of rotatable bonds is 2. The minimum atomic E-state index is -0.589. The van der Waals surface area contributed by atoms with Crippen LogP contribution in [0.25, 0.3) is 0 Å². The van der Waals surface area contributed by atoms with Gasteiger partial charge in [-0.1, -0.05) is 0 Å². The van der Waals surface area contributed by atoms with E-state index in [9.17, 15) is 4.39 Å². The topological polar surface area (TPSA) is 9.23 Å². The zero-order valence-corrected chi connectivity index (χ0v) is 8.84. The molecule has 1 rings (SSSR count). The number of halogens is 3. The Morgan fingerprint density at radius 3 is 2.62 bits per heavy atom. The average molecular weight is 215 g/mol. The van der Waals surface area contributed by atoms with Crippen LogP contribution in [0.4, 0.5) is 4.39 Å². The van der Waals surface area contributed by atoms with Crippen LogP contribution in [-0.4, -0.2) is 6.61 Å². The Hall–Kier alpha value is 0.127. The zero-order chi connectivity index (χ0) is 9.14.